The molecule has 3 aromatic rings. The van der Waals surface area contributed by atoms with Gasteiger partial charge in [-0.15, -0.1) is 10.2 Å². The summed E-state index contributed by atoms with van der Waals surface area (Å²) >= 11 is 3.41. The first kappa shape index (κ1) is 13.0. The maximum atomic E-state index is 4.41. The van der Waals surface area contributed by atoms with Crippen LogP contribution in [0, 0.1) is 6.92 Å². The molecule has 0 atom stereocenters. The van der Waals surface area contributed by atoms with E-state index in [1.54, 1.807) is 4.80 Å². The van der Waals surface area contributed by atoms with Crippen LogP contribution in [0.2, 0.25) is 0 Å². The molecular formula is C15H13BrN4. The van der Waals surface area contributed by atoms with Gasteiger partial charge in [0.2, 0.25) is 5.82 Å². The Labute approximate surface area is 125 Å². The van der Waals surface area contributed by atoms with Gasteiger partial charge in [-0.05, 0) is 42.0 Å². The summed E-state index contributed by atoms with van der Waals surface area (Å²) in [5.41, 5.74) is 3.37. The summed E-state index contributed by atoms with van der Waals surface area (Å²) in [5.74, 6) is 0.643. The fraction of sp³-hybridized carbons (Fsp3) is 0.133. The molecule has 0 aliphatic carbocycles. The van der Waals surface area contributed by atoms with E-state index in [1.165, 1.54) is 5.56 Å². The van der Waals surface area contributed by atoms with Gasteiger partial charge in [-0.1, -0.05) is 45.8 Å². The second-order valence-electron chi connectivity index (χ2n) is 4.64. The normalized spacial score (nSPS) is 10.7. The van der Waals surface area contributed by atoms with Crippen molar-refractivity contribution in [2.45, 2.75) is 13.5 Å². The molecule has 1 aromatic heterocycles. The highest BCUT2D eigenvalue weighted by molar-refractivity contribution is 9.10. The van der Waals surface area contributed by atoms with E-state index in [-0.39, 0.29) is 0 Å². The van der Waals surface area contributed by atoms with E-state index in [2.05, 4.69) is 62.5 Å². The van der Waals surface area contributed by atoms with Gasteiger partial charge in [-0.2, -0.15) is 4.80 Å². The van der Waals surface area contributed by atoms with Gasteiger partial charge in [0.05, 0.1) is 6.54 Å². The Morgan fingerprint density at radius 3 is 2.40 bits per heavy atom. The molecule has 0 unspecified atom stereocenters. The van der Waals surface area contributed by atoms with Crippen LogP contribution >= 0.6 is 15.9 Å². The third-order valence-electron chi connectivity index (χ3n) is 3.00. The molecule has 0 saturated carbocycles. The fourth-order valence-corrected chi connectivity index (χ4v) is 2.15. The number of hydrogen-bond donors (Lipinski definition) is 0. The quantitative estimate of drug-likeness (QED) is 0.739. The molecule has 0 saturated heterocycles. The standard InChI is InChI=1S/C15H13BrN4/c1-11-2-4-12(5-3-11)10-20-18-15(17-19-20)13-6-8-14(16)9-7-13/h2-9H,10H2,1H3. The van der Waals surface area contributed by atoms with Crippen LogP contribution in [-0.4, -0.2) is 20.2 Å². The van der Waals surface area contributed by atoms with Gasteiger partial charge < -0.3 is 0 Å². The van der Waals surface area contributed by atoms with Gasteiger partial charge in [-0.3, -0.25) is 0 Å². The minimum absolute atomic E-state index is 0.629. The molecule has 20 heavy (non-hydrogen) atoms. The molecule has 0 aliphatic rings. The molecule has 2 aromatic carbocycles. The highest BCUT2D eigenvalue weighted by Crippen LogP contribution is 2.17. The Bertz CT molecular complexity index is 701. The minimum Gasteiger partial charge on any atom is -0.159 e. The summed E-state index contributed by atoms with van der Waals surface area (Å²) in [7, 11) is 0. The molecule has 0 spiro atoms. The summed E-state index contributed by atoms with van der Waals surface area (Å²) in [6.45, 7) is 2.70. The van der Waals surface area contributed by atoms with Crippen molar-refractivity contribution in [3.05, 3.63) is 64.1 Å². The van der Waals surface area contributed by atoms with E-state index >= 15 is 0 Å². The smallest absolute Gasteiger partial charge is 0.159 e. The summed E-state index contributed by atoms with van der Waals surface area (Å²) in [4.78, 5) is 1.61. The number of halogens is 1. The van der Waals surface area contributed by atoms with Crippen LogP contribution in [0.5, 0.6) is 0 Å². The van der Waals surface area contributed by atoms with Crippen LogP contribution in [-0.2, 0) is 6.54 Å². The third kappa shape index (κ3) is 2.93. The maximum absolute atomic E-state index is 4.41. The highest BCUT2D eigenvalue weighted by atomic mass is 79.9. The van der Waals surface area contributed by atoms with Crippen molar-refractivity contribution in [3.63, 3.8) is 0 Å². The van der Waals surface area contributed by atoms with Gasteiger partial charge in [0, 0.05) is 10.0 Å². The largest absolute Gasteiger partial charge is 0.204 e. The average molecular weight is 329 g/mol. The molecule has 5 heteroatoms. The van der Waals surface area contributed by atoms with Crippen molar-refractivity contribution in [1.82, 2.24) is 20.2 Å². The van der Waals surface area contributed by atoms with E-state index in [0.29, 0.717) is 12.4 Å². The number of aromatic nitrogens is 4. The molecule has 1 heterocycles. The van der Waals surface area contributed by atoms with Gasteiger partial charge in [-0.25, -0.2) is 0 Å². The zero-order valence-electron chi connectivity index (χ0n) is 11.0. The molecule has 0 amide bonds. The van der Waals surface area contributed by atoms with Gasteiger partial charge in [0.1, 0.15) is 0 Å². The number of hydrogen-bond acceptors (Lipinski definition) is 3. The molecule has 3 rings (SSSR count). The zero-order valence-corrected chi connectivity index (χ0v) is 12.6. The topological polar surface area (TPSA) is 43.6 Å². The molecule has 0 fully saturated rings. The second kappa shape index (κ2) is 5.54. The lowest BCUT2D eigenvalue weighted by Gasteiger charge is -2.00. The summed E-state index contributed by atoms with van der Waals surface area (Å²) in [5, 5.41) is 12.6. The van der Waals surface area contributed by atoms with Gasteiger partial charge in [0.15, 0.2) is 0 Å². The van der Waals surface area contributed by atoms with Gasteiger partial charge >= 0.3 is 0 Å². The minimum atomic E-state index is 0.629. The van der Waals surface area contributed by atoms with E-state index in [4.69, 9.17) is 0 Å². The fourth-order valence-electron chi connectivity index (χ4n) is 1.88. The second-order valence-corrected chi connectivity index (χ2v) is 5.55. The number of aryl methyl sites for hydroxylation is 1. The molecular weight excluding hydrogens is 316 g/mol. The first-order valence-corrected chi connectivity index (χ1v) is 7.09. The first-order chi connectivity index (χ1) is 9.70. The molecule has 100 valence electrons. The molecule has 0 bridgehead atoms. The zero-order chi connectivity index (χ0) is 13.9. The Hall–Kier alpha value is -2.01. The maximum Gasteiger partial charge on any atom is 0.204 e. The Balaban J connectivity index is 1.80. The molecule has 0 aliphatic heterocycles. The SMILES string of the molecule is Cc1ccc(Cn2nnc(-c3ccc(Br)cc3)n2)cc1. The van der Waals surface area contributed by atoms with Crippen LogP contribution in [0.15, 0.2) is 53.0 Å². The monoisotopic (exact) mass is 328 g/mol. The van der Waals surface area contributed by atoms with Crippen molar-refractivity contribution < 1.29 is 0 Å². The highest BCUT2D eigenvalue weighted by Gasteiger charge is 2.06. The number of nitrogens with zero attached hydrogens (tertiary/aromatic N) is 4. The Morgan fingerprint density at radius 1 is 1.00 bits per heavy atom. The average Bonchev–Trinajstić information content (AvgIpc) is 2.91. The van der Waals surface area contributed by atoms with Crippen molar-refractivity contribution in [3.8, 4) is 11.4 Å². The number of benzene rings is 2. The number of tetrazole rings is 1. The molecule has 4 nitrogen and oxygen atoms in total. The van der Waals surface area contributed by atoms with Crippen LogP contribution in [0.3, 0.4) is 0 Å². The lowest BCUT2D eigenvalue weighted by Crippen LogP contribution is -2.03. The van der Waals surface area contributed by atoms with Crippen molar-refractivity contribution in [1.29, 1.82) is 0 Å². The van der Waals surface area contributed by atoms with Crippen molar-refractivity contribution in [2.24, 2.45) is 0 Å². The van der Waals surface area contributed by atoms with Crippen LogP contribution in [0.1, 0.15) is 11.1 Å². The van der Waals surface area contributed by atoms with Crippen LogP contribution in [0.4, 0.5) is 0 Å². The van der Waals surface area contributed by atoms with E-state index in [9.17, 15) is 0 Å². The van der Waals surface area contributed by atoms with Crippen LogP contribution < -0.4 is 0 Å². The Kier molecular flexibility index (Phi) is 3.60. The van der Waals surface area contributed by atoms with Crippen molar-refractivity contribution in [2.75, 3.05) is 0 Å². The molecule has 0 radical (unpaired) electrons. The van der Waals surface area contributed by atoms with Gasteiger partial charge in [0.25, 0.3) is 0 Å². The van der Waals surface area contributed by atoms with E-state index in [0.717, 1.165) is 15.6 Å². The Morgan fingerprint density at radius 2 is 1.70 bits per heavy atom. The van der Waals surface area contributed by atoms with Crippen LogP contribution in [0.25, 0.3) is 11.4 Å². The lowest BCUT2D eigenvalue weighted by atomic mass is 10.1. The summed E-state index contributed by atoms with van der Waals surface area (Å²) < 4.78 is 1.04. The summed E-state index contributed by atoms with van der Waals surface area (Å²) in [6.07, 6.45) is 0. The summed E-state index contributed by atoms with van der Waals surface area (Å²) in [6, 6.07) is 16.2. The van der Waals surface area contributed by atoms with E-state index in [1.807, 2.05) is 24.3 Å². The lowest BCUT2D eigenvalue weighted by molar-refractivity contribution is 0.573. The molecule has 0 N–H and O–H groups in total. The first-order valence-electron chi connectivity index (χ1n) is 6.30. The predicted octanol–water partition coefficient (Wildman–Crippen LogP) is 3.46. The third-order valence-corrected chi connectivity index (χ3v) is 3.53. The van der Waals surface area contributed by atoms with E-state index < -0.39 is 0 Å². The number of rotatable bonds is 3. The predicted molar refractivity (Wildman–Crippen MR) is 81.2 cm³/mol. The van der Waals surface area contributed by atoms with Crippen molar-refractivity contribution >= 4 is 15.9 Å².